The van der Waals surface area contributed by atoms with Crippen LogP contribution in [0.3, 0.4) is 0 Å². The molecule has 0 bridgehead atoms. The Morgan fingerprint density at radius 3 is 1.55 bits per heavy atom. The van der Waals surface area contributed by atoms with Crippen molar-refractivity contribution in [2.75, 3.05) is 6.61 Å². The Bertz CT molecular complexity index is 1470. The third kappa shape index (κ3) is 7.25. The summed E-state index contributed by atoms with van der Waals surface area (Å²) < 4.78 is 23.4. The van der Waals surface area contributed by atoms with Gasteiger partial charge in [0.05, 0.1) is 16.7 Å². The Balaban J connectivity index is 1.43. The third-order valence-electron chi connectivity index (χ3n) is 6.51. The van der Waals surface area contributed by atoms with Gasteiger partial charge >= 0.3 is 17.9 Å². The highest BCUT2D eigenvalue weighted by Gasteiger charge is 2.50. The Morgan fingerprint density at radius 1 is 0.619 bits per heavy atom. The number of aliphatic hydroxyl groups excluding tert-OH is 1. The van der Waals surface area contributed by atoms with Gasteiger partial charge in [-0.25, -0.2) is 14.4 Å². The van der Waals surface area contributed by atoms with E-state index in [2.05, 4.69) is 0 Å². The van der Waals surface area contributed by atoms with Crippen LogP contribution in [0.25, 0.3) is 0 Å². The highest BCUT2D eigenvalue weighted by molar-refractivity contribution is 7.99. The molecular formula is C33H28O8S. The predicted molar refractivity (Wildman–Crippen MR) is 155 cm³/mol. The molecule has 5 atom stereocenters. The SMILES string of the molecule is O=C(OC[C@H]1O[C@@H](Sc2ccccc2)[C@H](OC(=O)c2ccccc2)[C@@H](O)[C@H]1OC(=O)c1ccccc1)c1ccccc1. The molecule has 0 unspecified atom stereocenters. The lowest BCUT2D eigenvalue weighted by Crippen LogP contribution is -2.60. The Hall–Kier alpha value is -4.44. The van der Waals surface area contributed by atoms with E-state index in [1.165, 1.54) is 11.8 Å². The summed E-state index contributed by atoms with van der Waals surface area (Å²) in [4.78, 5) is 39.7. The van der Waals surface area contributed by atoms with Crippen molar-refractivity contribution < 1.29 is 38.4 Å². The minimum absolute atomic E-state index is 0.253. The number of thioether (sulfide) groups is 1. The van der Waals surface area contributed by atoms with Crippen molar-refractivity contribution >= 4 is 29.7 Å². The topological polar surface area (TPSA) is 108 Å². The highest BCUT2D eigenvalue weighted by atomic mass is 32.2. The van der Waals surface area contributed by atoms with Crippen LogP contribution in [0.15, 0.2) is 126 Å². The molecule has 0 saturated carbocycles. The van der Waals surface area contributed by atoms with Gasteiger partial charge in [-0.1, -0.05) is 84.6 Å². The summed E-state index contributed by atoms with van der Waals surface area (Å²) in [7, 11) is 0. The van der Waals surface area contributed by atoms with Crippen molar-refractivity contribution in [2.45, 2.75) is 34.7 Å². The molecule has 1 fully saturated rings. The first-order valence-corrected chi connectivity index (χ1v) is 14.2. The molecule has 4 aromatic carbocycles. The molecule has 0 aliphatic carbocycles. The Labute approximate surface area is 247 Å². The third-order valence-corrected chi connectivity index (χ3v) is 7.66. The van der Waals surface area contributed by atoms with Crippen molar-refractivity contribution in [2.24, 2.45) is 0 Å². The van der Waals surface area contributed by atoms with E-state index in [-0.39, 0.29) is 17.7 Å². The van der Waals surface area contributed by atoms with Crippen LogP contribution in [-0.4, -0.2) is 59.5 Å². The number of carbonyl (C=O) groups is 3. The first kappa shape index (κ1) is 29.1. The lowest BCUT2D eigenvalue weighted by atomic mass is 9.99. The van der Waals surface area contributed by atoms with Crippen LogP contribution >= 0.6 is 11.8 Å². The van der Waals surface area contributed by atoms with Gasteiger partial charge in [-0.2, -0.15) is 0 Å². The van der Waals surface area contributed by atoms with E-state index in [1.807, 2.05) is 30.3 Å². The summed E-state index contributed by atoms with van der Waals surface area (Å²) in [6, 6.07) is 34.3. The van der Waals surface area contributed by atoms with Crippen LogP contribution in [-0.2, 0) is 18.9 Å². The number of carbonyl (C=O) groups excluding carboxylic acids is 3. The molecule has 1 aliphatic rings. The molecule has 8 nitrogen and oxygen atoms in total. The van der Waals surface area contributed by atoms with Crippen LogP contribution in [0.2, 0.25) is 0 Å². The van der Waals surface area contributed by atoms with Gasteiger partial charge < -0.3 is 24.1 Å². The fraction of sp³-hybridized carbons (Fsp3) is 0.182. The molecule has 9 heteroatoms. The van der Waals surface area contributed by atoms with E-state index in [1.54, 1.807) is 91.0 Å². The van der Waals surface area contributed by atoms with Gasteiger partial charge in [0.1, 0.15) is 24.3 Å². The summed E-state index contributed by atoms with van der Waals surface area (Å²) in [6.07, 6.45) is -5.16. The molecule has 1 aliphatic heterocycles. The predicted octanol–water partition coefficient (Wildman–Crippen LogP) is 5.17. The largest absolute Gasteiger partial charge is 0.459 e. The lowest BCUT2D eigenvalue weighted by molar-refractivity contribution is -0.206. The molecule has 0 spiro atoms. The van der Waals surface area contributed by atoms with Crippen molar-refractivity contribution in [3.63, 3.8) is 0 Å². The maximum absolute atomic E-state index is 13.1. The molecule has 0 amide bonds. The van der Waals surface area contributed by atoms with Gasteiger partial charge in [0, 0.05) is 4.90 Å². The monoisotopic (exact) mass is 584 g/mol. The van der Waals surface area contributed by atoms with Crippen LogP contribution in [0, 0.1) is 0 Å². The zero-order chi connectivity index (χ0) is 29.3. The Kier molecular flexibility index (Phi) is 9.66. The first-order valence-electron chi connectivity index (χ1n) is 13.3. The molecule has 1 heterocycles. The zero-order valence-electron chi connectivity index (χ0n) is 22.4. The number of hydrogen-bond acceptors (Lipinski definition) is 9. The number of benzene rings is 4. The van der Waals surface area contributed by atoms with Gasteiger partial charge in [0.15, 0.2) is 12.2 Å². The van der Waals surface area contributed by atoms with E-state index >= 15 is 0 Å². The van der Waals surface area contributed by atoms with E-state index in [0.717, 1.165) is 4.90 Å². The second-order valence-electron chi connectivity index (χ2n) is 9.40. The number of ether oxygens (including phenoxy) is 4. The Morgan fingerprint density at radius 2 is 1.05 bits per heavy atom. The fourth-order valence-electron chi connectivity index (χ4n) is 4.38. The molecule has 214 valence electrons. The summed E-state index contributed by atoms with van der Waals surface area (Å²) in [6.45, 7) is -0.331. The van der Waals surface area contributed by atoms with Gasteiger partial charge in [-0.3, -0.25) is 0 Å². The maximum atomic E-state index is 13.1. The second kappa shape index (κ2) is 14.0. The van der Waals surface area contributed by atoms with E-state index < -0.39 is 47.8 Å². The van der Waals surface area contributed by atoms with Crippen molar-refractivity contribution in [1.29, 1.82) is 0 Å². The molecule has 5 rings (SSSR count). The summed E-state index contributed by atoms with van der Waals surface area (Å²) in [5.74, 6) is -2.00. The van der Waals surface area contributed by atoms with Gasteiger partial charge in [0.25, 0.3) is 0 Å². The summed E-state index contributed by atoms with van der Waals surface area (Å²) in [5.41, 5.74) is -0.0630. The van der Waals surface area contributed by atoms with Gasteiger partial charge in [-0.15, -0.1) is 0 Å². The van der Waals surface area contributed by atoms with Gasteiger partial charge in [-0.05, 0) is 48.5 Å². The minimum atomic E-state index is -1.51. The minimum Gasteiger partial charge on any atom is -0.459 e. The zero-order valence-corrected chi connectivity index (χ0v) is 23.2. The maximum Gasteiger partial charge on any atom is 0.338 e. The van der Waals surface area contributed by atoms with E-state index in [0.29, 0.717) is 5.56 Å². The van der Waals surface area contributed by atoms with Crippen molar-refractivity contribution in [3.8, 4) is 0 Å². The smallest absolute Gasteiger partial charge is 0.338 e. The summed E-state index contributed by atoms with van der Waals surface area (Å²) in [5, 5.41) is 11.6. The van der Waals surface area contributed by atoms with Crippen molar-refractivity contribution in [3.05, 3.63) is 138 Å². The fourth-order valence-corrected chi connectivity index (χ4v) is 5.51. The molecule has 4 aromatic rings. The quantitative estimate of drug-likeness (QED) is 0.210. The van der Waals surface area contributed by atoms with Crippen LogP contribution in [0.5, 0.6) is 0 Å². The number of aliphatic hydroxyl groups is 1. The number of rotatable bonds is 9. The van der Waals surface area contributed by atoms with Crippen molar-refractivity contribution in [1.82, 2.24) is 0 Å². The van der Waals surface area contributed by atoms with E-state index in [4.69, 9.17) is 18.9 Å². The number of esters is 3. The molecule has 1 saturated heterocycles. The molecule has 42 heavy (non-hydrogen) atoms. The highest BCUT2D eigenvalue weighted by Crippen LogP contribution is 2.36. The lowest BCUT2D eigenvalue weighted by Gasteiger charge is -2.43. The second-order valence-corrected chi connectivity index (χ2v) is 10.6. The average Bonchev–Trinajstić information content (AvgIpc) is 3.04. The van der Waals surface area contributed by atoms with Crippen LogP contribution in [0.4, 0.5) is 0 Å². The molecule has 0 radical (unpaired) electrons. The van der Waals surface area contributed by atoms with Crippen LogP contribution in [0.1, 0.15) is 31.1 Å². The normalized spacial score (nSPS) is 21.6. The molecule has 1 N–H and O–H groups in total. The van der Waals surface area contributed by atoms with Gasteiger partial charge in [0.2, 0.25) is 0 Å². The summed E-state index contributed by atoms with van der Waals surface area (Å²) >= 11 is 1.22. The van der Waals surface area contributed by atoms with Crippen LogP contribution < -0.4 is 0 Å². The first-order chi connectivity index (χ1) is 20.5. The molecular weight excluding hydrogens is 556 g/mol. The average molecular weight is 585 g/mol. The molecule has 0 aromatic heterocycles. The standard InChI is InChI=1S/C33H28O8S/c34-27-28(40-31(36)23-15-7-2-8-16-23)26(21-38-30(35)22-13-5-1-6-14-22)39-33(42-25-19-11-4-12-20-25)29(27)41-32(37)24-17-9-3-10-18-24/h1-20,26-29,33-34H,21H2/t26-,27+,28+,29-,33+/m1/s1. The number of hydrogen-bond donors (Lipinski definition) is 1. The van der Waals surface area contributed by atoms with E-state index in [9.17, 15) is 19.5 Å².